The topological polar surface area (TPSA) is 58.5 Å². The van der Waals surface area contributed by atoms with Crippen LogP contribution in [0.25, 0.3) is 0 Å². The van der Waals surface area contributed by atoms with Gasteiger partial charge in [-0.3, -0.25) is 9.71 Å². The predicted octanol–water partition coefficient (Wildman–Crippen LogP) is 2.16. The fourth-order valence-electron chi connectivity index (χ4n) is 1.08. The van der Waals surface area contributed by atoms with Crippen molar-refractivity contribution in [3.05, 3.63) is 10.4 Å². The van der Waals surface area contributed by atoms with Crippen molar-refractivity contribution < 1.29 is 8.42 Å². The summed E-state index contributed by atoms with van der Waals surface area (Å²) < 4.78 is 27.0. The molecule has 82 valence electrons. The van der Waals surface area contributed by atoms with Crippen molar-refractivity contribution in [1.82, 2.24) is 4.72 Å². The molecule has 4 nitrogen and oxygen atoms in total. The minimum atomic E-state index is -3.47. The molecule has 0 bridgehead atoms. The highest BCUT2D eigenvalue weighted by Gasteiger charge is 2.29. The molecular formula is C7H7ClN2O2S3. The first-order valence-electron chi connectivity index (χ1n) is 4.07. The smallest absolute Gasteiger partial charge is 0.262 e. The number of hydrogen-bond acceptors (Lipinski definition) is 5. The molecule has 0 aromatic carbocycles. The molecule has 0 fully saturated rings. The third kappa shape index (κ3) is 2.15. The molecule has 1 aliphatic heterocycles. The van der Waals surface area contributed by atoms with E-state index in [1.165, 1.54) is 29.2 Å². The summed E-state index contributed by atoms with van der Waals surface area (Å²) in [5, 5.41) is 0.406. The van der Waals surface area contributed by atoms with E-state index in [1.54, 1.807) is 0 Å². The molecule has 1 N–H and O–H groups in total. The molecule has 0 spiro atoms. The van der Waals surface area contributed by atoms with Crippen LogP contribution in [0, 0.1) is 0 Å². The number of nitrogens with one attached hydrogen (secondary N) is 1. The Balaban J connectivity index is 2.53. The molecular weight excluding hydrogens is 276 g/mol. The van der Waals surface area contributed by atoms with Crippen LogP contribution in [-0.2, 0) is 10.0 Å². The summed E-state index contributed by atoms with van der Waals surface area (Å²) in [5.74, 6) is 0. The van der Waals surface area contributed by atoms with Crippen LogP contribution in [0.3, 0.4) is 0 Å². The maximum atomic E-state index is 11.7. The second kappa shape index (κ2) is 3.97. The van der Waals surface area contributed by atoms with Crippen LogP contribution in [0.2, 0.25) is 4.34 Å². The number of sulfonamides is 1. The van der Waals surface area contributed by atoms with Gasteiger partial charge in [0.2, 0.25) is 0 Å². The molecule has 0 amide bonds. The van der Waals surface area contributed by atoms with Crippen molar-refractivity contribution in [3.8, 4) is 0 Å². The van der Waals surface area contributed by atoms with E-state index >= 15 is 0 Å². The Kier molecular flexibility index (Phi) is 2.98. The fourth-order valence-corrected chi connectivity index (χ4v) is 5.71. The molecule has 1 aromatic heterocycles. The standard InChI is InChI=1S/C7H7ClN2O2S3/c1-2-9-7-10-15(11,12)4-3-5(8)13-6(4)14-7/h3H,2H2,1H3,(H,9,10). The van der Waals surface area contributed by atoms with Crippen LogP contribution < -0.4 is 4.72 Å². The lowest BCUT2D eigenvalue weighted by Crippen LogP contribution is -2.31. The third-order valence-corrected chi connectivity index (χ3v) is 5.78. The normalized spacial score (nSPS) is 21.1. The lowest BCUT2D eigenvalue weighted by atomic mass is 10.7. The predicted molar refractivity (Wildman–Crippen MR) is 63.5 cm³/mol. The summed E-state index contributed by atoms with van der Waals surface area (Å²) in [4.78, 5) is 4.29. The molecule has 0 unspecified atom stereocenters. The number of aliphatic imine (C=N–C) groups is 1. The van der Waals surface area contributed by atoms with Crippen LogP contribution in [0.4, 0.5) is 0 Å². The zero-order chi connectivity index (χ0) is 11.1. The SMILES string of the molecule is CCN=C1NS(=O)(=O)c2cc(Cl)sc2S1. The average Bonchev–Trinajstić information content (AvgIpc) is 2.46. The Morgan fingerprint density at radius 3 is 3.00 bits per heavy atom. The quantitative estimate of drug-likeness (QED) is 0.859. The zero-order valence-electron chi connectivity index (χ0n) is 7.65. The van der Waals surface area contributed by atoms with Gasteiger partial charge < -0.3 is 0 Å². The number of hydrogen-bond donors (Lipinski definition) is 1. The average molecular weight is 283 g/mol. The van der Waals surface area contributed by atoms with E-state index in [1.807, 2.05) is 6.92 Å². The van der Waals surface area contributed by atoms with Crippen LogP contribution in [-0.4, -0.2) is 20.1 Å². The van der Waals surface area contributed by atoms with Crippen molar-refractivity contribution in [2.75, 3.05) is 6.54 Å². The Morgan fingerprint density at radius 2 is 2.33 bits per heavy atom. The second-order valence-corrected chi connectivity index (χ2v) is 7.28. The zero-order valence-corrected chi connectivity index (χ0v) is 10.9. The lowest BCUT2D eigenvalue weighted by Gasteiger charge is -2.15. The molecule has 2 heterocycles. The van der Waals surface area contributed by atoms with Gasteiger partial charge in [0, 0.05) is 6.54 Å². The number of amidine groups is 1. The minimum Gasteiger partial charge on any atom is -0.262 e. The van der Waals surface area contributed by atoms with Gasteiger partial charge >= 0.3 is 0 Å². The van der Waals surface area contributed by atoms with Crippen molar-refractivity contribution in [2.45, 2.75) is 16.0 Å². The molecule has 8 heteroatoms. The summed E-state index contributed by atoms with van der Waals surface area (Å²) in [6.45, 7) is 2.39. The molecule has 1 aliphatic rings. The highest BCUT2D eigenvalue weighted by molar-refractivity contribution is 8.17. The van der Waals surface area contributed by atoms with Crippen LogP contribution >= 0.6 is 34.7 Å². The summed E-state index contributed by atoms with van der Waals surface area (Å²) >= 11 is 8.32. The van der Waals surface area contributed by atoms with Crippen LogP contribution in [0.5, 0.6) is 0 Å². The Hall–Kier alpha value is -0.240. The maximum Gasteiger partial charge on any atom is 0.265 e. The van der Waals surface area contributed by atoms with Crippen molar-refractivity contribution in [1.29, 1.82) is 0 Å². The number of halogens is 1. The highest BCUT2D eigenvalue weighted by atomic mass is 35.5. The number of thiophene rings is 1. The van der Waals surface area contributed by atoms with Gasteiger partial charge in [0.15, 0.2) is 5.17 Å². The second-order valence-electron chi connectivity index (χ2n) is 2.69. The molecule has 0 saturated carbocycles. The van der Waals surface area contributed by atoms with Gasteiger partial charge in [0.1, 0.15) is 4.90 Å². The first kappa shape index (κ1) is 11.3. The molecule has 15 heavy (non-hydrogen) atoms. The summed E-state index contributed by atoms with van der Waals surface area (Å²) in [6, 6.07) is 1.46. The van der Waals surface area contributed by atoms with E-state index < -0.39 is 10.0 Å². The van der Waals surface area contributed by atoms with Gasteiger partial charge in [-0.15, -0.1) is 11.3 Å². The lowest BCUT2D eigenvalue weighted by molar-refractivity contribution is 0.591. The van der Waals surface area contributed by atoms with E-state index in [4.69, 9.17) is 11.6 Å². The van der Waals surface area contributed by atoms with E-state index in [0.29, 0.717) is 20.3 Å². The van der Waals surface area contributed by atoms with Crippen molar-refractivity contribution in [2.24, 2.45) is 4.99 Å². The first-order valence-corrected chi connectivity index (χ1v) is 7.57. The Labute approximate surface area is 101 Å². The summed E-state index contributed by atoms with van der Waals surface area (Å²) in [5.41, 5.74) is 0. The molecule has 0 aliphatic carbocycles. The number of fused-ring (bicyclic) bond motifs is 1. The van der Waals surface area contributed by atoms with E-state index in [-0.39, 0.29) is 4.90 Å². The largest absolute Gasteiger partial charge is 0.265 e. The maximum absolute atomic E-state index is 11.7. The van der Waals surface area contributed by atoms with Crippen LogP contribution in [0.1, 0.15) is 6.92 Å². The third-order valence-electron chi connectivity index (χ3n) is 1.64. The highest BCUT2D eigenvalue weighted by Crippen LogP contribution is 2.40. The van der Waals surface area contributed by atoms with Crippen molar-refractivity contribution >= 4 is 49.9 Å². The number of rotatable bonds is 1. The van der Waals surface area contributed by atoms with Crippen molar-refractivity contribution in [3.63, 3.8) is 0 Å². The number of nitrogens with zero attached hydrogens (tertiary/aromatic N) is 1. The molecule has 1 aromatic rings. The van der Waals surface area contributed by atoms with Gasteiger partial charge in [-0.1, -0.05) is 11.6 Å². The van der Waals surface area contributed by atoms with Gasteiger partial charge in [0.05, 0.1) is 8.55 Å². The van der Waals surface area contributed by atoms with Gasteiger partial charge in [0.25, 0.3) is 10.0 Å². The summed E-state index contributed by atoms with van der Waals surface area (Å²) in [7, 11) is -3.47. The molecule has 0 atom stereocenters. The fraction of sp³-hybridized carbons (Fsp3) is 0.286. The Bertz CT molecular complexity index is 520. The number of thioether (sulfide) groups is 1. The summed E-state index contributed by atoms with van der Waals surface area (Å²) in [6.07, 6.45) is 0. The monoisotopic (exact) mass is 282 g/mol. The first-order chi connectivity index (χ1) is 7.03. The Morgan fingerprint density at radius 1 is 1.60 bits per heavy atom. The molecule has 0 saturated heterocycles. The van der Waals surface area contributed by atoms with Crippen LogP contribution in [0.15, 0.2) is 20.2 Å². The van der Waals surface area contributed by atoms with Gasteiger partial charge in [-0.05, 0) is 24.8 Å². The minimum absolute atomic E-state index is 0.248. The van der Waals surface area contributed by atoms with Gasteiger partial charge in [-0.25, -0.2) is 8.42 Å². The van der Waals surface area contributed by atoms with E-state index in [9.17, 15) is 8.42 Å². The van der Waals surface area contributed by atoms with E-state index in [2.05, 4.69) is 9.71 Å². The molecule has 2 rings (SSSR count). The van der Waals surface area contributed by atoms with E-state index in [0.717, 1.165) is 0 Å². The molecule has 0 radical (unpaired) electrons. The van der Waals surface area contributed by atoms with Gasteiger partial charge in [-0.2, -0.15) is 0 Å².